The molecule has 0 spiro atoms. The third-order valence-electron chi connectivity index (χ3n) is 5.55. The Hall–Kier alpha value is -4.66. The first-order valence-electron chi connectivity index (χ1n) is 11.8. The van der Waals surface area contributed by atoms with E-state index in [0.29, 0.717) is 17.7 Å². The van der Waals surface area contributed by atoms with Crippen LogP contribution in [0.3, 0.4) is 0 Å². The van der Waals surface area contributed by atoms with E-state index >= 15 is 0 Å². The molecule has 0 bridgehead atoms. The molecule has 0 fully saturated rings. The molecule has 3 aromatic heterocycles. The van der Waals surface area contributed by atoms with E-state index in [2.05, 4.69) is 78.9 Å². The number of hydrogen-bond acceptors (Lipinski definition) is 8. The van der Waals surface area contributed by atoms with Crippen LogP contribution in [0.25, 0.3) is 22.6 Å². The second-order valence-corrected chi connectivity index (χ2v) is 8.84. The molecular weight excluding hydrogens is 450 g/mol. The minimum atomic E-state index is 0.444. The van der Waals surface area contributed by atoms with E-state index in [1.807, 2.05) is 42.5 Å². The summed E-state index contributed by atoms with van der Waals surface area (Å²) in [5, 5.41) is 18.0. The van der Waals surface area contributed by atoms with Gasteiger partial charge in [0.25, 0.3) is 0 Å². The van der Waals surface area contributed by atoms with Crippen LogP contribution in [-0.4, -0.2) is 42.1 Å². The molecule has 0 amide bonds. The Balaban J connectivity index is 1.62. The highest BCUT2D eigenvalue weighted by molar-refractivity contribution is 5.81. The third-order valence-corrected chi connectivity index (χ3v) is 5.55. The number of pyridine rings is 1. The van der Waals surface area contributed by atoms with Crippen LogP contribution >= 0.6 is 0 Å². The predicted octanol–water partition coefficient (Wildman–Crippen LogP) is 5.12. The molecule has 0 aliphatic carbocycles. The summed E-state index contributed by atoms with van der Waals surface area (Å²) in [4.78, 5) is 16.1. The van der Waals surface area contributed by atoms with Crippen LogP contribution in [0.1, 0.15) is 19.4 Å². The molecule has 9 heteroatoms. The van der Waals surface area contributed by atoms with Crippen LogP contribution in [0, 0.1) is 5.92 Å². The average Bonchev–Trinajstić information content (AvgIpc) is 3.44. The zero-order valence-electron chi connectivity index (χ0n) is 20.2. The molecule has 0 saturated carbocycles. The van der Waals surface area contributed by atoms with Crippen molar-refractivity contribution in [3.8, 4) is 22.6 Å². The summed E-state index contributed by atoms with van der Waals surface area (Å²) in [6.07, 6.45) is 3.43. The fourth-order valence-electron chi connectivity index (χ4n) is 4.04. The number of nitrogens with zero attached hydrogens (tertiary/aromatic N) is 7. The van der Waals surface area contributed by atoms with Gasteiger partial charge >= 0.3 is 0 Å². The highest BCUT2D eigenvalue weighted by Gasteiger charge is 2.17. The minimum absolute atomic E-state index is 0.444. The molecule has 0 radical (unpaired) electrons. The lowest BCUT2D eigenvalue weighted by molar-refractivity contribution is 0.605. The van der Waals surface area contributed by atoms with Crippen LogP contribution in [0.2, 0.25) is 0 Å². The van der Waals surface area contributed by atoms with E-state index < -0.39 is 0 Å². The first-order valence-corrected chi connectivity index (χ1v) is 11.8. The summed E-state index contributed by atoms with van der Waals surface area (Å²) in [5.41, 5.74) is 4.59. The monoisotopic (exact) mass is 477 g/mol. The van der Waals surface area contributed by atoms with Crippen molar-refractivity contribution >= 4 is 17.5 Å². The van der Waals surface area contributed by atoms with Gasteiger partial charge in [-0.2, -0.15) is 5.21 Å². The molecule has 2 aromatic carbocycles. The molecule has 2 N–H and O–H groups in total. The van der Waals surface area contributed by atoms with Crippen molar-refractivity contribution in [3.63, 3.8) is 0 Å². The summed E-state index contributed by atoms with van der Waals surface area (Å²) in [5.74, 6) is 2.33. The van der Waals surface area contributed by atoms with Gasteiger partial charge in [0.1, 0.15) is 5.82 Å². The molecule has 3 heterocycles. The lowest BCUT2D eigenvalue weighted by atomic mass is 10.0. The maximum atomic E-state index is 5.12. The van der Waals surface area contributed by atoms with Gasteiger partial charge in [-0.25, -0.2) is 15.0 Å². The summed E-state index contributed by atoms with van der Waals surface area (Å²) < 4.78 is 0. The molecule has 180 valence electrons. The molecule has 9 nitrogen and oxygen atoms in total. The summed E-state index contributed by atoms with van der Waals surface area (Å²) in [6, 6.07) is 24.2. The Morgan fingerprint density at radius 3 is 2.36 bits per heavy atom. The number of aromatic amines is 1. The molecule has 0 aliphatic heterocycles. The quantitative estimate of drug-likeness (QED) is 0.301. The number of tetrazole rings is 1. The highest BCUT2D eigenvalue weighted by atomic mass is 15.5. The highest BCUT2D eigenvalue weighted by Crippen LogP contribution is 2.33. The number of H-pyrrole nitrogens is 1. The summed E-state index contributed by atoms with van der Waals surface area (Å²) in [7, 11) is 0. The molecular formula is C27H27N9. The zero-order chi connectivity index (χ0) is 24.7. The van der Waals surface area contributed by atoms with Gasteiger partial charge in [-0.3, -0.25) is 0 Å². The lowest BCUT2D eigenvalue weighted by Crippen LogP contribution is -2.28. The van der Waals surface area contributed by atoms with Crippen molar-refractivity contribution in [3.05, 3.63) is 90.8 Å². The van der Waals surface area contributed by atoms with Gasteiger partial charge in [0.2, 0.25) is 11.8 Å². The fourth-order valence-corrected chi connectivity index (χ4v) is 4.04. The normalized spacial score (nSPS) is 11.0. The summed E-state index contributed by atoms with van der Waals surface area (Å²) in [6.45, 7) is 6.01. The Morgan fingerprint density at radius 2 is 1.64 bits per heavy atom. The number of aromatic nitrogens is 7. The van der Waals surface area contributed by atoms with Gasteiger partial charge in [0.15, 0.2) is 0 Å². The Bertz CT molecular complexity index is 1390. The fraction of sp³-hybridized carbons (Fsp3) is 0.185. The predicted molar refractivity (Wildman–Crippen MR) is 140 cm³/mol. The topological polar surface area (TPSA) is 108 Å². The number of anilines is 3. The van der Waals surface area contributed by atoms with Gasteiger partial charge in [-0.1, -0.05) is 68.4 Å². The average molecular weight is 478 g/mol. The van der Waals surface area contributed by atoms with Crippen LogP contribution in [-0.2, 0) is 6.54 Å². The molecule has 0 aliphatic rings. The van der Waals surface area contributed by atoms with Gasteiger partial charge in [-0.15, -0.1) is 10.2 Å². The third kappa shape index (κ3) is 5.52. The first-order chi connectivity index (χ1) is 17.7. The molecule has 5 rings (SSSR count). The summed E-state index contributed by atoms with van der Waals surface area (Å²) >= 11 is 0. The smallest absolute Gasteiger partial charge is 0.227 e. The van der Waals surface area contributed by atoms with Crippen molar-refractivity contribution in [1.82, 2.24) is 35.6 Å². The van der Waals surface area contributed by atoms with E-state index in [1.165, 1.54) is 5.56 Å². The lowest BCUT2D eigenvalue weighted by Gasteiger charge is -2.27. The van der Waals surface area contributed by atoms with Crippen molar-refractivity contribution in [2.24, 2.45) is 5.92 Å². The van der Waals surface area contributed by atoms with Crippen molar-refractivity contribution < 1.29 is 0 Å². The number of nitrogens with one attached hydrogen (secondary N) is 2. The van der Waals surface area contributed by atoms with Gasteiger partial charge in [0.05, 0.1) is 5.69 Å². The minimum Gasteiger partial charge on any atom is -0.352 e. The van der Waals surface area contributed by atoms with Gasteiger partial charge < -0.3 is 10.2 Å². The molecule has 0 atom stereocenters. The Morgan fingerprint density at radius 1 is 0.889 bits per heavy atom. The van der Waals surface area contributed by atoms with E-state index in [4.69, 9.17) is 4.98 Å². The second-order valence-electron chi connectivity index (χ2n) is 8.84. The second kappa shape index (κ2) is 10.7. The maximum Gasteiger partial charge on any atom is 0.227 e. The molecule has 0 unspecified atom stereocenters. The van der Waals surface area contributed by atoms with Crippen molar-refractivity contribution in [2.75, 3.05) is 16.8 Å². The van der Waals surface area contributed by atoms with Crippen molar-refractivity contribution in [2.45, 2.75) is 20.4 Å². The number of benzene rings is 2. The van der Waals surface area contributed by atoms with Crippen LogP contribution in [0.4, 0.5) is 17.5 Å². The zero-order valence-corrected chi connectivity index (χ0v) is 20.2. The Kier molecular flexibility index (Phi) is 6.88. The number of rotatable bonds is 9. The maximum absolute atomic E-state index is 5.12. The van der Waals surface area contributed by atoms with Crippen LogP contribution in [0.15, 0.2) is 85.2 Å². The SMILES string of the molecule is CC(C)CN(Cc1ccccc1)c1cc(Nc2ncccn2)cc(-c2ccccc2-c2nn[nH]n2)n1. The van der Waals surface area contributed by atoms with Crippen LogP contribution in [0.5, 0.6) is 0 Å². The van der Waals surface area contributed by atoms with E-state index in [0.717, 1.165) is 41.4 Å². The standard InChI is InChI=1S/C27H27N9/c1-19(2)17-36(18-20-9-4-3-5-10-20)25-16-21(30-27-28-13-8-14-29-27)15-24(31-25)22-11-6-7-12-23(22)26-32-34-35-33-26/h3-16,19H,17-18H2,1-2H3,(H,28,29,30,31)(H,32,33,34,35). The van der Waals surface area contributed by atoms with E-state index in [9.17, 15) is 0 Å². The van der Waals surface area contributed by atoms with Gasteiger partial charge in [0, 0.05) is 48.4 Å². The van der Waals surface area contributed by atoms with Gasteiger partial charge in [-0.05, 0) is 28.8 Å². The molecule has 5 aromatic rings. The molecule has 36 heavy (non-hydrogen) atoms. The molecule has 0 saturated heterocycles. The Labute approximate surface area is 209 Å². The van der Waals surface area contributed by atoms with E-state index in [1.54, 1.807) is 18.5 Å². The first kappa shape index (κ1) is 23.1. The number of hydrogen-bond donors (Lipinski definition) is 2. The largest absolute Gasteiger partial charge is 0.352 e. The van der Waals surface area contributed by atoms with E-state index in [-0.39, 0.29) is 0 Å². The van der Waals surface area contributed by atoms with Crippen molar-refractivity contribution in [1.29, 1.82) is 0 Å². The van der Waals surface area contributed by atoms with Crippen LogP contribution < -0.4 is 10.2 Å².